The molecule has 0 saturated carbocycles. The minimum absolute atomic E-state index is 0. The van der Waals surface area contributed by atoms with Crippen molar-refractivity contribution in [1.29, 1.82) is 0 Å². The van der Waals surface area contributed by atoms with Crippen molar-refractivity contribution in [2.75, 3.05) is 79.7 Å². The number of hydrogen-bond acceptors (Lipinski definition) is 4. The highest BCUT2D eigenvalue weighted by Crippen LogP contribution is 2.13. The monoisotopic (exact) mass is 814 g/mol. The molecule has 0 aromatic heterocycles. The summed E-state index contributed by atoms with van der Waals surface area (Å²) in [6, 6.07) is 0. The van der Waals surface area contributed by atoms with Gasteiger partial charge in [-0.1, -0.05) is 117 Å². The van der Waals surface area contributed by atoms with E-state index in [2.05, 4.69) is 38.6 Å². The van der Waals surface area contributed by atoms with Crippen LogP contribution in [-0.4, -0.2) is 111 Å². The molecule has 0 saturated heterocycles. The van der Waals surface area contributed by atoms with Crippen LogP contribution < -0.4 is 44.6 Å². The van der Waals surface area contributed by atoms with E-state index in [-0.39, 0.29) is 59.0 Å². The Morgan fingerprint density at radius 1 is 0.438 bits per heavy atom. The third-order valence-electron chi connectivity index (χ3n) is 9.68. The summed E-state index contributed by atoms with van der Waals surface area (Å²) in [5.41, 5.74) is 0. The minimum Gasteiger partial charge on any atom is -1.00 e. The number of unbranched alkanes of at least 4 members (excludes halogenated alkanes) is 19. The maximum Gasteiger partial charge on any atom is 0.275 e. The molecule has 0 heterocycles. The maximum absolute atomic E-state index is 12.6. The zero-order valence-corrected chi connectivity index (χ0v) is 35.2. The molecule has 0 aromatic carbocycles. The van der Waals surface area contributed by atoms with E-state index in [4.69, 9.17) is 0 Å². The Balaban J connectivity index is -0.0000101. The number of amides is 2. The van der Waals surface area contributed by atoms with E-state index in [1.165, 1.54) is 89.9 Å². The fourth-order valence-corrected chi connectivity index (χ4v) is 6.50. The van der Waals surface area contributed by atoms with Crippen LogP contribution in [0.4, 0.5) is 0 Å². The van der Waals surface area contributed by atoms with Crippen molar-refractivity contribution >= 4 is 11.8 Å². The summed E-state index contributed by atoms with van der Waals surface area (Å²) in [5.74, 6) is 0.203. The lowest BCUT2D eigenvalue weighted by Gasteiger charge is -2.33. The van der Waals surface area contributed by atoms with Gasteiger partial charge in [0.15, 0.2) is 13.1 Å². The summed E-state index contributed by atoms with van der Waals surface area (Å²) < 4.78 is 1.19. The molecule has 2 amide bonds. The predicted molar refractivity (Wildman–Crippen MR) is 195 cm³/mol. The van der Waals surface area contributed by atoms with Crippen LogP contribution in [-0.2, 0) is 9.59 Å². The molecule has 2 atom stereocenters. The lowest BCUT2D eigenvalue weighted by molar-refractivity contribution is -0.902. The summed E-state index contributed by atoms with van der Waals surface area (Å²) in [6.07, 6.45) is 26.9. The predicted octanol–water partition coefficient (Wildman–Crippen LogP) is 0.727. The molecule has 10 heteroatoms. The van der Waals surface area contributed by atoms with Crippen LogP contribution >= 0.6 is 0 Å². The maximum atomic E-state index is 12.6. The fourth-order valence-electron chi connectivity index (χ4n) is 6.50. The van der Waals surface area contributed by atoms with Gasteiger partial charge >= 0.3 is 0 Å². The summed E-state index contributed by atoms with van der Waals surface area (Å²) in [6.45, 7) is 10.1. The van der Waals surface area contributed by atoms with E-state index in [1.807, 2.05) is 0 Å². The molecule has 0 aliphatic heterocycles. The van der Waals surface area contributed by atoms with Gasteiger partial charge < -0.3 is 63.8 Å². The Kier molecular flexibility index (Phi) is 39.7. The highest BCUT2D eigenvalue weighted by molar-refractivity contribution is 5.77. The number of hydrogen-bond donors (Lipinski definition) is 4. The van der Waals surface area contributed by atoms with Gasteiger partial charge in [0, 0.05) is 13.1 Å². The van der Waals surface area contributed by atoms with Crippen molar-refractivity contribution in [1.82, 2.24) is 10.6 Å². The number of carbonyl (C=O) groups excluding carboxylic acids is 2. The van der Waals surface area contributed by atoms with Crippen LogP contribution in [0.5, 0.6) is 0 Å². The second kappa shape index (κ2) is 36.5. The third kappa shape index (κ3) is 32.9. The average molecular weight is 817 g/mol. The van der Waals surface area contributed by atoms with Gasteiger partial charge in [-0.2, -0.15) is 0 Å². The second-order valence-electron chi connectivity index (χ2n) is 14.7. The summed E-state index contributed by atoms with van der Waals surface area (Å²) in [7, 11) is 4.19. The van der Waals surface area contributed by atoms with E-state index in [1.54, 1.807) is 0 Å². The molecular weight excluding hydrogens is 736 g/mol. The smallest absolute Gasteiger partial charge is 0.275 e. The van der Waals surface area contributed by atoms with Gasteiger partial charge in [-0.05, 0) is 38.5 Å². The number of carbonyl (C=O) groups is 2. The van der Waals surface area contributed by atoms with E-state index in [9.17, 15) is 19.8 Å². The zero-order valence-electron chi connectivity index (χ0n) is 32.0. The normalized spacial score (nSPS) is 13.5. The van der Waals surface area contributed by atoms with Gasteiger partial charge in [-0.3, -0.25) is 9.59 Å². The molecule has 0 aromatic rings. The van der Waals surface area contributed by atoms with Crippen LogP contribution in [0.3, 0.4) is 0 Å². The van der Waals surface area contributed by atoms with Crippen molar-refractivity contribution in [3.05, 3.63) is 0 Å². The lowest BCUT2D eigenvalue weighted by Crippen LogP contribution is -3.00. The highest BCUT2D eigenvalue weighted by atomic mass is 79.9. The first-order chi connectivity index (χ1) is 22.2. The molecule has 0 aliphatic rings. The molecule has 0 bridgehead atoms. The number of quaternary nitrogens is 2. The van der Waals surface area contributed by atoms with E-state index < -0.39 is 0 Å². The molecule has 4 N–H and O–H groups in total. The first kappa shape index (κ1) is 52.1. The van der Waals surface area contributed by atoms with Gasteiger partial charge in [0.1, 0.15) is 13.1 Å². The van der Waals surface area contributed by atoms with Crippen molar-refractivity contribution in [3.8, 4) is 0 Å². The topological polar surface area (TPSA) is 98.7 Å². The number of aliphatic hydroxyl groups is 2. The Bertz CT molecular complexity index is 664. The molecular formula is C38H80Br2N4O4. The van der Waals surface area contributed by atoms with Crippen LogP contribution in [0, 0.1) is 0 Å². The molecule has 0 fully saturated rings. The molecule has 290 valence electrons. The van der Waals surface area contributed by atoms with Crippen LogP contribution in [0.25, 0.3) is 0 Å². The number of halogens is 2. The molecule has 48 heavy (non-hydrogen) atoms. The van der Waals surface area contributed by atoms with Gasteiger partial charge in [-0.15, -0.1) is 0 Å². The molecule has 0 spiro atoms. The zero-order chi connectivity index (χ0) is 34.2. The Hall–Kier alpha value is -0.260. The van der Waals surface area contributed by atoms with Crippen molar-refractivity contribution in [2.24, 2.45) is 0 Å². The van der Waals surface area contributed by atoms with Crippen LogP contribution in [0.15, 0.2) is 0 Å². The largest absolute Gasteiger partial charge is 1.00 e. The van der Waals surface area contributed by atoms with E-state index in [0.29, 0.717) is 35.1 Å². The summed E-state index contributed by atoms with van der Waals surface area (Å²) in [4.78, 5) is 25.2. The third-order valence-corrected chi connectivity index (χ3v) is 9.68. The average Bonchev–Trinajstić information content (AvgIpc) is 3.01. The molecule has 2 unspecified atom stereocenters. The fraction of sp³-hybridized carbons (Fsp3) is 0.947. The lowest BCUT2D eigenvalue weighted by atomic mass is 10.1. The Morgan fingerprint density at radius 2 is 0.708 bits per heavy atom. The number of nitrogens with one attached hydrogen (secondary N) is 2. The van der Waals surface area contributed by atoms with Crippen molar-refractivity contribution in [2.45, 2.75) is 155 Å². The number of rotatable bonds is 35. The van der Waals surface area contributed by atoms with E-state index >= 15 is 0 Å². The SMILES string of the molecule is CCCCCCCCCCNC(=O)C[N+](C)(CCO)CCCCCCCC[N+](C)(CCO)CC(=O)NCCCCCCCCCC.[Br-].[Br-]. The van der Waals surface area contributed by atoms with Gasteiger partial charge in [0.25, 0.3) is 11.8 Å². The Morgan fingerprint density at radius 3 is 1.00 bits per heavy atom. The standard InChI is InChI=1S/C38H78N4O4.2BrH/c1-5-7-9-11-13-15-19-23-27-39-37(45)35-41(3,31-33-43)29-25-21-17-18-22-26-30-42(4,32-34-44)36-38(46)40-28-24-20-16-14-12-10-8-6-2;;/h43-44H,5-36H2,1-4H3;2*1H. The number of likely N-dealkylation sites (N-methyl/N-ethyl adjacent to an activating group) is 2. The first-order valence-corrected chi connectivity index (χ1v) is 19.7. The first-order valence-electron chi connectivity index (χ1n) is 19.7. The summed E-state index contributed by atoms with van der Waals surface area (Å²) >= 11 is 0. The van der Waals surface area contributed by atoms with Gasteiger partial charge in [0.2, 0.25) is 0 Å². The van der Waals surface area contributed by atoms with E-state index in [0.717, 1.165) is 77.5 Å². The van der Waals surface area contributed by atoms with Crippen LogP contribution in [0.1, 0.15) is 155 Å². The van der Waals surface area contributed by atoms with Gasteiger partial charge in [-0.25, -0.2) is 0 Å². The van der Waals surface area contributed by atoms with Crippen LogP contribution in [0.2, 0.25) is 0 Å². The van der Waals surface area contributed by atoms with Gasteiger partial charge in [0.05, 0.1) is 40.4 Å². The molecule has 0 aliphatic carbocycles. The molecule has 8 nitrogen and oxygen atoms in total. The van der Waals surface area contributed by atoms with Crippen molar-refractivity contribution < 1.29 is 62.7 Å². The Labute approximate surface area is 318 Å². The molecule has 0 radical (unpaired) electrons. The second-order valence-corrected chi connectivity index (χ2v) is 14.7. The minimum atomic E-state index is 0. The molecule has 0 rings (SSSR count). The quantitative estimate of drug-likeness (QED) is 0.0561. The highest BCUT2D eigenvalue weighted by Gasteiger charge is 2.25. The number of nitrogens with zero attached hydrogens (tertiary/aromatic N) is 2. The number of aliphatic hydroxyl groups excluding tert-OH is 2. The summed E-state index contributed by atoms with van der Waals surface area (Å²) in [5, 5.41) is 25.5. The van der Waals surface area contributed by atoms with Crippen molar-refractivity contribution in [3.63, 3.8) is 0 Å².